The number of hydrogen-bond donors (Lipinski definition) is 1. The minimum absolute atomic E-state index is 0.371. The fourth-order valence-corrected chi connectivity index (χ4v) is 3.63. The van der Waals surface area contributed by atoms with Gasteiger partial charge < -0.3 is 5.32 Å². The van der Waals surface area contributed by atoms with Gasteiger partial charge in [0.05, 0.1) is 6.04 Å². The highest BCUT2D eigenvalue weighted by atomic mass is 32.1. The summed E-state index contributed by atoms with van der Waals surface area (Å²) in [6.45, 7) is 2.20. The molecule has 2 aromatic rings. The Bertz CT molecular complexity index is 403. The Morgan fingerprint density at radius 2 is 2.13 bits per heavy atom. The molecule has 80 valence electrons. The fourth-order valence-electron chi connectivity index (χ4n) is 1.62. The Balaban J connectivity index is 2.27. The van der Waals surface area contributed by atoms with Gasteiger partial charge in [0, 0.05) is 14.6 Å². The van der Waals surface area contributed by atoms with E-state index in [1.54, 1.807) is 0 Å². The lowest BCUT2D eigenvalue weighted by Crippen LogP contribution is -2.14. The van der Waals surface area contributed by atoms with E-state index in [0.717, 1.165) is 6.42 Å². The average molecular weight is 237 g/mol. The topological polar surface area (TPSA) is 12.0 Å². The number of nitrogens with one attached hydrogen (secondary N) is 1. The zero-order valence-corrected chi connectivity index (χ0v) is 10.6. The van der Waals surface area contributed by atoms with Crippen LogP contribution in [0, 0.1) is 0 Å². The summed E-state index contributed by atoms with van der Waals surface area (Å²) in [6.07, 6.45) is 1.13. The summed E-state index contributed by atoms with van der Waals surface area (Å²) in [5, 5.41) is 5.51. The van der Waals surface area contributed by atoms with Crippen LogP contribution in [0.25, 0.3) is 0 Å². The molecule has 0 radical (unpaired) electrons. The number of hydrogen-bond acceptors (Lipinski definition) is 3. The molecule has 1 unspecified atom stereocenters. The van der Waals surface area contributed by atoms with Crippen molar-refractivity contribution in [3.05, 3.63) is 44.3 Å². The van der Waals surface area contributed by atoms with Gasteiger partial charge >= 0.3 is 0 Å². The first-order valence-corrected chi connectivity index (χ1v) is 6.84. The molecule has 0 aliphatic heterocycles. The predicted molar refractivity (Wildman–Crippen MR) is 68.9 cm³/mol. The van der Waals surface area contributed by atoms with E-state index in [4.69, 9.17) is 0 Å². The number of aryl methyl sites for hydroxylation is 1. The van der Waals surface area contributed by atoms with Crippen molar-refractivity contribution in [3.8, 4) is 0 Å². The maximum absolute atomic E-state index is 3.38. The van der Waals surface area contributed by atoms with E-state index < -0.39 is 0 Å². The van der Waals surface area contributed by atoms with Gasteiger partial charge in [-0.3, -0.25) is 0 Å². The van der Waals surface area contributed by atoms with Crippen LogP contribution in [0.1, 0.15) is 27.6 Å². The molecule has 1 N–H and O–H groups in total. The van der Waals surface area contributed by atoms with Gasteiger partial charge in [-0.05, 0) is 37.0 Å². The van der Waals surface area contributed by atoms with Crippen LogP contribution in [0.15, 0.2) is 29.6 Å². The molecule has 2 heterocycles. The monoisotopic (exact) mass is 237 g/mol. The highest BCUT2D eigenvalue weighted by Gasteiger charge is 2.14. The van der Waals surface area contributed by atoms with Crippen molar-refractivity contribution in [2.75, 3.05) is 7.05 Å². The van der Waals surface area contributed by atoms with Gasteiger partial charge in [-0.2, -0.15) is 0 Å². The van der Waals surface area contributed by atoms with Crippen LogP contribution in [-0.2, 0) is 6.42 Å². The van der Waals surface area contributed by atoms with Crippen molar-refractivity contribution in [1.29, 1.82) is 0 Å². The molecule has 0 amide bonds. The molecule has 0 aromatic carbocycles. The fraction of sp³-hybridized carbons (Fsp3) is 0.333. The van der Waals surface area contributed by atoms with Crippen LogP contribution in [0.2, 0.25) is 0 Å². The van der Waals surface area contributed by atoms with Crippen LogP contribution in [0.5, 0.6) is 0 Å². The molecule has 0 saturated heterocycles. The largest absolute Gasteiger partial charge is 0.308 e. The summed E-state index contributed by atoms with van der Waals surface area (Å²) in [4.78, 5) is 4.26. The van der Waals surface area contributed by atoms with Crippen molar-refractivity contribution < 1.29 is 0 Å². The second kappa shape index (κ2) is 4.92. The van der Waals surface area contributed by atoms with Gasteiger partial charge in [0.2, 0.25) is 0 Å². The van der Waals surface area contributed by atoms with Gasteiger partial charge in [0.1, 0.15) is 0 Å². The third-order valence-electron chi connectivity index (χ3n) is 2.43. The maximum atomic E-state index is 3.38. The first kappa shape index (κ1) is 10.9. The lowest BCUT2D eigenvalue weighted by Gasteiger charge is -2.11. The van der Waals surface area contributed by atoms with Gasteiger partial charge in [0.15, 0.2) is 0 Å². The van der Waals surface area contributed by atoms with Crippen molar-refractivity contribution >= 4 is 22.7 Å². The van der Waals surface area contributed by atoms with Crippen LogP contribution in [0.3, 0.4) is 0 Å². The molecule has 0 saturated carbocycles. The Kier molecular flexibility index (Phi) is 3.57. The molecule has 1 nitrogen and oxygen atoms in total. The van der Waals surface area contributed by atoms with E-state index in [1.165, 1.54) is 14.6 Å². The van der Waals surface area contributed by atoms with Gasteiger partial charge in [0.25, 0.3) is 0 Å². The SMILES string of the molecule is CCc1ccc(C(NC)c2cccs2)s1. The Hall–Kier alpha value is -0.640. The highest BCUT2D eigenvalue weighted by molar-refractivity contribution is 7.13. The van der Waals surface area contributed by atoms with Crippen molar-refractivity contribution in [2.45, 2.75) is 19.4 Å². The van der Waals surface area contributed by atoms with E-state index in [2.05, 4.69) is 41.9 Å². The zero-order valence-electron chi connectivity index (χ0n) is 8.99. The first-order chi connectivity index (χ1) is 7.35. The quantitative estimate of drug-likeness (QED) is 0.855. The van der Waals surface area contributed by atoms with Gasteiger partial charge in [-0.15, -0.1) is 22.7 Å². The molecule has 0 bridgehead atoms. The van der Waals surface area contributed by atoms with Gasteiger partial charge in [-0.25, -0.2) is 0 Å². The van der Waals surface area contributed by atoms with E-state index in [1.807, 2.05) is 29.7 Å². The summed E-state index contributed by atoms with van der Waals surface area (Å²) < 4.78 is 0. The van der Waals surface area contributed by atoms with Crippen molar-refractivity contribution in [2.24, 2.45) is 0 Å². The summed E-state index contributed by atoms with van der Waals surface area (Å²) >= 11 is 3.72. The van der Waals surface area contributed by atoms with Crippen LogP contribution in [0.4, 0.5) is 0 Å². The number of rotatable bonds is 4. The number of thiophene rings is 2. The molecule has 0 spiro atoms. The summed E-state index contributed by atoms with van der Waals surface area (Å²) in [7, 11) is 2.02. The zero-order chi connectivity index (χ0) is 10.7. The average Bonchev–Trinajstić information content (AvgIpc) is 2.89. The Morgan fingerprint density at radius 1 is 1.27 bits per heavy atom. The second-order valence-corrected chi connectivity index (χ2v) is 5.57. The molecule has 2 aromatic heterocycles. The van der Waals surface area contributed by atoms with Crippen LogP contribution < -0.4 is 5.32 Å². The molecule has 15 heavy (non-hydrogen) atoms. The highest BCUT2D eigenvalue weighted by Crippen LogP contribution is 2.30. The van der Waals surface area contributed by atoms with Crippen LogP contribution in [-0.4, -0.2) is 7.05 Å². The molecular formula is C12H15NS2. The summed E-state index contributed by atoms with van der Waals surface area (Å²) in [5.74, 6) is 0. The third-order valence-corrected chi connectivity index (χ3v) is 4.66. The first-order valence-electron chi connectivity index (χ1n) is 5.14. The van der Waals surface area contributed by atoms with Crippen LogP contribution >= 0.6 is 22.7 Å². The van der Waals surface area contributed by atoms with E-state index in [-0.39, 0.29) is 0 Å². The normalized spacial score (nSPS) is 12.9. The summed E-state index contributed by atoms with van der Waals surface area (Å²) in [6, 6.07) is 9.15. The lowest BCUT2D eigenvalue weighted by atomic mass is 10.2. The standard InChI is InChI=1S/C12H15NS2/c1-3-9-6-7-11(15-9)12(13-2)10-5-4-8-14-10/h4-8,12-13H,3H2,1-2H3. The summed E-state index contributed by atoms with van der Waals surface area (Å²) in [5.41, 5.74) is 0. The van der Waals surface area contributed by atoms with E-state index in [0.29, 0.717) is 6.04 Å². The van der Waals surface area contributed by atoms with Crippen molar-refractivity contribution in [1.82, 2.24) is 5.32 Å². The molecule has 1 atom stereocenters. The smallest absolute Gasteiger partial charge is 0.0762 e. The molecule has 2 rings (SSSR count). The molecule has 0 aliphatic carbocycles. The Morgan fingerprint density at radius 3 is 2.67 bits per heavy atom. The van der Waals surface area contributed by atoms with E-state index in [9.17, 15) is 0 Å². The lowest BCUT2D eigenvalue weighted by molar-refractivity contribution is 0.716. The Labute approximate surface area is 98.8 Å². The molecule has 0 aliphatic rings. The minimum Gasteiger partial charge on any atom is -0.308 e. The molecular weight excluding hydrogens is 222 g/mol. The van der Waals surface area contributed by atoms with Gasteiger partial charge in [-0.1, -0.05) is 13.0 Å². The maximum Gasteiger partial charge on any atom is 0.0762 e. The second-order valence-electron chi connectivity index (χ2n) is 3.39. The molecule has 0 fully saturated rings. The minimum atomic E-state index is 0.371. The third kappa shape index (κ3) is 2.30. The predicted octanol–water partition coefficient (Wildman–Crippen LogP) is 3.68. The molecule has 3 heteroatoms. The van der Waals surface area contributed by atoms with E-state index >= 15 is 0 Å². The van der Waals surface area contributed by atoms with Crippen molar-refractivity contribution in [3.63, 3.8) is 0 Å².